The number of carbonyl (C=O) groups excluding carboxylic acids is 2. The van der Waals surface area contributed by atoms with Crippen molar-refractivity contribution in [3.8, 4) is 5.75 Å². The van der Waals surface area contributed by atoms with E-state index in [0.29, 0.717) is 17.0 Å². The number of H-pyrrole nitrogens is 1. The molecule has 0 fully saturated rings. The molecule has 0 bridgehead atoms. The molecular formula is C30H25N3O3S. The highest BCUT2D eigenvalue weighted by Crippen LogP contribution is 2.37. The summed E-state index contributed by atoms with van der Waals surface area (Å²) >= 11 is 1.43. The fraction of sp³-hybridized carbons (Fsp3) is 0.0667. The number of hydrogen-bond acceptors (Lipinski definition) is 4. The summed E-state index contributed by atoms with van der Waals surface area (Å²) in [5.74, 6) is 0.245. The molecule has 0 saturated carbocycles. The molecule has 5 aromatic rings. The lowest BCUT2D eigenvalue weighted by molar-refractivity contribution is -0.115. The Morgan fingerprint density at radius 1 is 0.811 bits per heavy atom. The van der Waals surface area contributed by atoms with E-state index in [1.807, 2.05) is 85.1 Å². The first-order valence-electron chi connectivity index (χ1n) is 11.7. The van der Waals surface area contributed by atoms with Gasteiger partial charge in [-0.25, -0.2) is 0 Å². The number of nitrogens with one attached hydrogen (secondary N) is 3. The SMILES string of the molecule is COc1cccc(C(=O)Nc2cccc(SC(C(=O)Nc3ccc4cc[nH]c4c3)c3ccccc3)c2)c1. The number of carbonyl (C=O) groups is 2. The number of ether oxygens (including phenoxy) is 1. The molecule has 0 aliphatic rings. The number of rotatable bonds is 8. The normalized spacial score (nSPS) is 11.6. The first-order chi connectivity index (χ1) is 18.1. The first-order valence-corrected chi connectivity index (χ1v) is 12.6. The van der Waals surface area contributed by atoms with Crippen molar-refractivity contribution in [2.45, 2.75) is 10.1 Å². The minimum absolute atomic E-state index is 0.132. The van der Waals surface area contributed by atoms with Crippen LogP contribution in [-0.2, 0) is 4.79 Å². The van der Waals surface area contributed by atoms with Crippen LogP contribution >= 0.6 is 11.8 Å². The second kappa shape index (κ2) is 11.1. The zero-order valence-corrected chi connectivity index (χ0v) is 20.9. The lowest BCUT2D eigenvalue weighted by Gasteiger charge is -2.18. The lowest BCUT2D eigenvalue weighted by atomic mass is 10.1. The van der Waals surface area contributed by atoms with Crippen LogP contribution in [0.4, 0.5) is 11.4 Å². The number of methoxy groups -OCH3 is 1. The molecule has 1 aromatic heterocycles. The molecule has 0 radical (unpaired) electrons. The van der Waals surface area contributed by atoms with E-state index < -0.39 is 5.25 Å². The third kappa shape index (κ3) is 5.85. The van der Waals surface area contributed by atoms with Crippen molar-refractivity contribution < 1.29 is 14.3 Å². The molecule has 37 heavy (non-hydrogen) atoms. The minimum atomic E-state index is -0.495. The number of hydrogen-bond donors (Lipinski definition) is 3. The molecule has 7 heteroatoms. The van der Waals surface area contributed by atoms with Crippen molar-refractivity contribution in [3.05, 3.63) is 120 Å². The molecular weight excluding hydrogens is 482 g/mol. The van der Waals surface area contributed by atoms with Crippen LogP contribution in [0.15, 0.2) is 114 Å². The van der Waals surface area contributed by atoms with E-state index >= 15 is 0 Å². The van der Waals surface area contributed by atoms with Crippen molar-refractivity contribution in [2.24, 2.45) is 0 Å². The standard InChI is InChI=1S/C30H25N3O3S/c1-36-25-11-5-9-22(17-25)29(34)32-23-10-6-12-26(18-23)37-28(21-7-3-2-4-8-21)30(35)33-24-14-13-20-15-16-31-27(20)19-24/h2-19,28,31H,1H3,(H,32,34)(H,33,35). The lowest BCUT2D eigenvalue weighted by Crippen LogP contribution is -2.19. The summed E-state index contributed by atoms with van der Waals surface area (Å²) < 4.78 is 5.22. The van der Waals surface area contributed by atoms with Crippen LogP contribution in [0, 0.1) is 0 Å². The monoisotopic (exact) mass is 507 g/mol. The molecule has 1 atom stereocenters. The Kier molecular flexibility index (Phi) is 7.23. The van der Waals surface area contributed by atoms with E-state index in [0.717, 1.165) is 27.0 Å². The first kappa shape index (κ1) is 24.2. The van der Waals surface area contributed by atoms with E-state index in [1.165, 1.54) is 11.8 Å². The number of amides is 2. The van der Waals surface area contributed by atoms with Gasteiger partial charge in [-0.15, -0.1) is 11.8 Å². The predicted molar refractivity (Wildman–Crippen MR) is 149 cm³/mol. The molecule has 184 valence electrons. The Labute approximate surface area is 219 Å². The van der Waals surface area contributed by atoms with Crippen molar-refractivity contribution >= 4 is 45.9 Å². The average molecular weight is 508 g/mol. The number of benzene rings is 4. The highest BCUT2D eigenvalue weighted by Gasteiger charge is 2.22. The Morgan fingerprint density at radius 3 is 2.46 bits per heavy atom. The Hall–Kier alpha value is -4.49. The number of aromatic amines is 1. The van der Waals surface area contributed by atoms with Crippen LogP contribution in [0.3, 0.4) is 0 Å². The van der Waals surface area contributed by atoms with Gasteiger partial charge in [0.2, 0.25) is 5.91 Å². The topological polar surface area (TPSA) is 83.2 Å². The summed E-state index contributed by atoms with van der Waals surface area (Å²) in [6.45, 7) is 0. The maximum Gasteiger partial charge on any atom is 0.255 e. The average Bonchev–Trinajstić information content (AvgIpc) is 3.40. The van der Waals surface area contributed by atoms with Gasteiger partial charge in [0.15, 0.2) is 0 Å². The molecule has 0 aliphatic carbocycles. The molecule has 6 nitrogen and oxygen atoms in total. The number of anilines is 2. The fourth-order valence-corrected chi connectivity index (χ4v) is 5.07. The van der Waals surface area contributed by atoms with Gasteiger partial charge in [-0.2, -0.15) is 0 Å². The Balaban J connectivity index is 1.35. The van der Waals surface area contributed by atoms with Crippen LogP contribution in [-0.4, -0.2) is 23.9 Å². The van der Waals surface area contributed by atoms with E-state index in [4.69, 9.17) is 4.74 Å². The Bertz CT molecular complexity index is 1550. The summed E-state index contributed by atoms with van der Waals surface area (Å²) in [7, 11) is 1.56. The molecule has 2 amide bonds. The number of aromatic nitrogens is 1. The zero-order chi connectivity index (χ0) is 25.6. The van der Waals surface area contributed by atoms with Gasteiger partial charge in [0, 0.05) is 33.5 Å². The molecule has 0 spiro atoms. The van der Waals surface area contributed by atoms with Crippen molar-refractivity contribution in [1.82, 2.24) is 4.98 Å². The van der Waals surface area contributed by atoms with Crippen LogP contribution in [0.25, 0.3) is 10.9 Å². The van der Waals surface area contributed by atoms with Crippen LogP contribution in [0.2, 0.25) is 0 Å². The van der Waals surface area contributed by atoms with Crippen molar-refractivity contribution in [2.75, 3.05) is 17.7 Å². The van der Waals surface area contributed by atoms with Crippen molar-refractivity contribution in [1.29, 1.82) is 0 Å². The predicted octanol–water partition coefficient (Wildman–Crippen LogP) is 6.90. The van der Waals surface area contributed by atoms with Gasteiger partial charge in [-0.05, 0) is 65.5 Å². The number of fused-ring (bicyclic) bond motifs is 1. The van der Waals surface area contributed by atoms with Gasteiger partial charge in [-0.1, -0.05) is 48.5 Å². The van der Waals surface area contributed by atoms with Gasteiger partial charge >= 0.3 is 0 Å². The van der Waals surface area contributed by atoms with Gasteiger partial charge in [0.05, 0.1) is 7.11 Å². The van der Waals surface area contributed by atoms with Crippen LogP contribution in [0.5, 0.6) is 5.75 Å². The maximum absolute atomic E-state index is 13.5. The smallest absolute Gasteiger partial charge is 0.255 e. The number of thioether (sulfide) groups is 1. The Morgan fingerprint density at radius 2 is 1.62 bits per heavy atom. The third-order valence-electron chi connectivity index (χ3n) is 5.84. The summed E-state index contributed by atoms with van der Waals surface area (Å²) in [6, 6.07) is 31.9. The summed E-state index contributed by atoms with van der Waals surface area (Å²) in [6.07, 6.45) is 1.87. The molecule has 0 saturated heterocycles. The summed E-state index contributed by atoms with van der Waals surface area (Å²) in [5, 5.41) is 6.58. The summed E-state index contributed by atoms with van der Waals surface area (Å²) in [5.41, 5.74) is 3.71. The van der Waals surface area contributed by atoms with E-state index in [2.05, 4.69) is 15.6 Å². The van der Waals surface area contributed by atoms with Gasteiger partial charge in [-0.3, -0.25) is 9.59 Å². The van der Waals surface area contributed by atoms with E-state index in [9.17, 15) is 9.59 Å². The molecule has 4 aromatic carbocycles. The quantitative estimate of drug-likeness (QED) is 0.200. The van der Waals surface area contributed by atoms with E-state index in [-0.39, 0.29) is 11.8 Å². The second-order valence-electron chi connectivity index (χ2n) is 8.39. The largest absolute Gasteiger partial charge is 0.497 e. The molecule has 0 aliphatic heterocycles. The molecule has 3 N–H and O–H groups in total. The fourth-order valence-electron chi connectivity index (χ4n) is 3.98. The molecule has 1 unspecified atom stereocenters. The molecule has 1 heterocycles. The zero-order valence-electron chi connectivity index (χ0n) is 20.1. The highest BCUT2D eigenvalue weighted by molar-refractivity contribution is 8.00. The second-order valence-corrected chi connectivity index (χ2v) is 9.57. The van der Waals surface area contributed by atoms with Gasteiger partial charge < -0.3 is 20.4 Å². The van der Waals surface area contributed by atoms with Crippen LogP contribution < -0.4 is 15.4 Å². The third-order valence-corrected chi connectivity index (χ3v) is 7.09. The van der Waals surface area contributed by atoms with Gasteiger partial charge in [0.1, 0.15) is 11.0 Å². The van der Waals surface area contributed by atoms with Crippen molar-refractivity contribution in [3.63, 3.8) is 0 Å². The van der Waals surface area contributed by atoms with E-state index in [1.54, 1.807) is 31.4 Å². The van der Waals surface area contributed by atoms with Crippen LogP contribution in [0.1, 0.15) is 21.2 Å². The summed E-state index contributed by atoms with van der Waals surface area (Å²) in [4.78, 5) is 30.3. The maximum atomic E-state index is 13.5. The van der Waals surface area contributed by atoms with Gasteiger partial charge in [0.25, 0.3) is 5.91 Å². The minimum Gasteiger partial charge on any atom is -0.497 e. The highest BCUT2D eigenvalue weighted by atomic mass is 32.2. The molecule has 5 rings (SSSR count).